The van der Waals surface area contributed by atoms with E-state index in [1.807, 2.05) is 0 Å². The Labute approximate surface area is 148 Å². The molecule has 0 saturated carbocycles. The second kappa shape index (κ2) is 7.98. The molecule has 1 N–H and O–H groups in total. The maximum Gasteiger partial charge on any atom is 0.0664 e. The Balaban J connectivity index is 2.48. The summed E-state index contributed by atoms with van der Waals surface area (Å²) in [6.07, 6.45) is 2.51. The Morgan fingerprint density at radius 2 is 1.46 bits per heavy atom. The van der Waals surface area contributed by atoms with E-state index in [4.69, 9.17) is 0 Å². The second-order valence-electron chi connectivity index (χ2n) is 7.65. The molecule has 1 nitrogen and oxygen atoms in total. The Morgan fingerprint density at radius 3 is 2.04 bits per heavy atom. The van der Waals surface area contributed by atoms with E-state index >= 15 is 0 Å². The predicted octanol–water partition coefficient (Wildman–Crippen LogP) is 6.02. The molecule has 2 atom stereocenters. The lowest BCUT2D eigenvalue weighted by Crippen LogP contribution is -2.39. The average Bonchev–Trinajstić information content (AvgIpc) is 2.59. The van der Waals surface area contributed by atoms with Gasteiger partial charge in [0.2, 0.25) is 0 Å². The van der Waals surface area contributed by atoms with Crippen molar-refractivity contribution in [2.24, 2.45) is 5.92 Å². The van der Waals surface area contributed by atoms with E-state index < -0.39 is 0 Å². The first-order chi connectivity index (χ1) is 11.4. The Hall–Kier alpha value is -1.60. The normalized spacial score (nSPS) is 15.3. The van der Waals surface area contributed by atoms with Gasteiger partial charge in [0.05, 0.1) is 5.54 Å². The first-order valence-electron chi connectivity index (χ1n) is 9.24. The third kappa shape index (κ3) is 3.89. The van der Waals surface area contributed by atoms with E-state index in [1.165, 1.54) is 35.1 Å². The zero-order valence-corrected chi connectivity index (χ0v) is 16.2. The molecule has 2 aromatic carbocycles. The Morgan fingerprint density at radius 1 is 0.875 bits per heavy atom. The van der Waals surface area contributed by atoms with Crippen LogP contribution in [-0.4, -0.2) is 7.05 Å². The van der Waals surface area contributed by atoms with Crippen LogP contribution >= 0.6 is 0 Å². The molecule has 0 unspecified atom stereocenters. The van der Waals surface area contributed by atoms with Crippen LogP contribution < -0.4 is 5.32 Å². The summed E-state index contributed by atoms with van der Waals surface area (Å²) in [6.45, 7) is 11.5. The van der Waals surface area contributed by atoms with Gasteiger partial charge in [0.15, 0.2) is 0 Å². The summed E-state index contributed by atoms with van der Waals surface area (Å²) >= 11 is 0. The van der Waals surface area contributed by atoms with E-state index in [0.29, 0.717) is 5.92 Å². The van der Waals surface area contributed by atoms with Gasteiger partial charge < -0.3 is 5.32 Å². The molecular formula is C23H33N. The van der Waals surface area contributed by atoms with Crippen LogP contribution in [0.15, 0.2) is 48.5 Å². The number of aryl methyl sites for hydroxylation is 1. The summed E-state index contributed by atoms with van der Waals surface area (Å²) in [5.41, 5.74) is 5.39. The maximum atomic E-state index is 3.61. The average molecular weight is 324 g/mol. The van der Waals surface area contributed by atoms with Gasteiger partial charge in [0.25, 0.3) is 0 Å². The van der Waals surface area contributed by atoms with Gasteiger partial charge in [-0.2, -0.15) is 0 Å². The van der Waals surface area contributed by atoms with Crippen molar-refractivity contribution in [3.8, 4) is 0 Å². The van der Waals surface area contributed by atoms with E-state index in [9.17, 15) is 0 Å². The molecule has 2 aromatic rings. The van der Waals surface area contributed by atoms with Gasteiger partial charge in [-0.25, -0.2) is 0 Å². The summed E-state index contributed by atoms with van der Waals surface area (Å²) in [7, 11) is 2.07. The molecule has 0 spiro atoms. The molecule has 0 heterocycles. The Bertz CT molecular complexity index is 659. The van der Waals surface area contributed by atoms with Gasteiger partial charge in [-0.15, -0.1) is 0 Å². The van der Waals surface area contributed by atoms with Gasteiger partial charge in [0, 0.05) is 0 Å². The van der Waals surface area contributed by atoms with Crippen LogP contribution in [0.25, 0.3) is 0 Å². The fraction of sp³-hybridized carbons (Fsp3) is 0.478. The molecule has 0 amide bonds. The van der Waals surface area contributed by atoms with Crippen LogP contribution in [-0.2, 0) is 5.54 Å². The van der Waals surface area contributed by atoms with Crippen LogP contribution in [0, 0.1) is 12.8 Å². The van der Waals surface area contributed by atoms with Gasteiger partial charge in [-0.1, -0.05) is 75.7 Å². The maximum absolute atomic E-state index is 3.61. The first-order valence-corrected chi connectivity index (χ1v) is 9.24. The highest BCUT2D eigenvalue weighted by atomic mass is 14.9. The molecule has 0 aliphatic carbocycles. The molecule has 2 rings (SSSR count). The van der Waals surface area contributed by atoms with Crippen LogP contribution in [0.3, 0.4) is 0 Å². The third-order valence-corrected chi connectivity index (χ3v) is 5.39. The monoisotopic (exact) mass is 323 g/mol. The fourth-order valence-electron chi connectivity index (χ4n) is 3.67. The third-order valence-electron chi connectivity index (χ3n) is 5.39. The van der Waals surface area contributed by atoms with Crippen molar-refractivity contribution >= 4 is 0 Å². The van der Waals surface area contributed by atoms with E-state index in [2.05, 4.69) is 95.5 Å². The minimum Gasteiger partial charge on any atom is -0.307 e. The Kier molecular flexibility index (Phi) is 6.23. The minimum absolute atomic E-state index is 0.173. The first kappa shape index (κ1) is 18.7. The number of nitrogens with one attached hydrogen (secondary N) is 1. The summed E-state index contributed by atoms with van der Waals surface area (Å²) < 4.78 is 0. The minimum atomic E-state index is -0.173. The van der Waals surface area contributed by atoms with Gasteiger partial charge in [-0.05, 0) is 61.4 Å². The zero-order valence-electron chi connectivity index (χ0n) is 16.2. The standard InChI is InChI=1S/C23H33N/c1-17(2)15-16-18(3)20-12-8-10-14-22(20)23(5,24-6)21-13-9-7-11-19(21)4/h7-14,17-18,24H,15-16H2,1-6H3/t18-,23-/m1/s1. The quantitative estimate of drug-likeness (QED) is 0.657. The van der Waals surface area contributed by atoms with Crippen LogP contribution in [0.4, 0.5) is 0 Å². The van der Waals surface area contributed by atoms with Crippen molar-refractivity contribution in [2.75, 3.05) is 7.05 Å². The van der Waals surface area contributed by atoms with Crippen molar-refractivity contribution < 1.29 is 0 Å². The number of hydrogen-bond donors (Lipinski definition) is 1. The lowest BCUT2D eigenvalue weighted by atomic mass is 9.77. The molecule has 1 heteroatoms. The second-order valence-corrected chi connectivity index (χ2v) is 7.65. The number of rotatable bonds is 7. The predicted molar refractivity (Wildman–Crippen MR) is 106 cm³/mol. The topological polar surface area (TPSA) is 12.0 Å². The number of hydrogen-bond acceptors (Lipinski definition) is 1. The van der Waals surface area contributed by atoms with Crippen LogP contribution in [0.2, 0.25) is 0 Å². The highest BCUT2D eigenvalue weighted by Crippen LogP contribution is 2.37. The summed E-state index contributed by atoms with van der Waals surface area (Å²) in [5.74, 6) is 1.33. The molecule has 0 saturated heterocycles. The molecule has 0 aromatic heterocycles. The summed E-state index contributed by atoms with van der Waals surface area (Å²) in [6, 6.07) is 17.7. The largest absolute Gasteiger partial charge is 0.307 e. The smallest absolute Gasteiger partial charge is 0.0664 e. The van der Waals surface area contributed by atoms with Crippen molar-refractivity contribution in [1.82, 2.24) is 5.32 Å². The van der Waals surface area contributed by atoms with E-state index in [-0.39, 0.29) is 5.54 Å². The SMILES string of the molecule is CN[C@](C)(c1ccccc1C)c1ccccc1[C@H](C)CCC(C)C. The molecule has 0 aliphatic rings. The van der Waals surface area contributed by atoms with E-state index in [0.717, 1.165) is 5.92 Å². The van der Waals surface area contributed by atoms with Crippen LogP contribution in [0.1, 0.15) is 68.7 Å². The molecule has 0 fully saturated rings. The van der Waals surface area contributed by atoms with Crippen molar-refractivity contribution in [3.05, 3.63) is 70.8 Å². The van der Waals surface area contributed by atoms with Crippen LogP contribution in [0.5, 0.6) is 0 Å². The van der Waals surface area contributed by atoms with Crippen molar-refractivity contribution in [3.63, 3.8) is 0 Å². The lowest BCUT2D eigenvalue weighted by Gasteiger charge is -2.35. The van der Waals surface area contributed by atoms with Crippen molar-refractivity contribution in [2.45, 2.75) is 58.9 Å². The molecule has 0 bridgehead atoms. The molecular weight excluding hydrogens is 290 g/mol. The number of benzene rings is 2. The van der Waals surface area contributed by atoms with Crippen molar-refractivity contribution in [1.29, 1.82) is 0 Å². The lowest BCUT2D eigenvalue weighted by molar-refractivity contribution is 0.464. The highest BCUT2D eigenvalue weighted by molar-refractivity contribution is 5.46. The van der Waals surface area contributed by atoms with Gasteiger partial charge >= 0.3 is 0 Å². The van der Waals surface area contributed by atoms with Gasteiger partial charge in [0.1, 0.15) is 0 Å². The van der Waals surface area contributed by atoms with E-state index in [1.54, 1.807) is 0 Å². The molecule has 0 aliphatic heterocycles. The molecule has 0 radical (unpaired) electrons. The summed E-state index contributed by atoms with van der Waals surface area (Å²) in [5, 5.41) is 3.61. The zero-order chi connectivity index (χ0) is 17.7. The molecule has 24 heavy (non-hydrogen) atoms. The molecule has 130 valence electrons. The summed E-state index contributed by atoms with van der Waals surface area (Å²) in [4.78, 5) is 0. The fourth-order valence-corrected chi connectivity index (χ4v) is 3.67. The highest BCUT2D eigenvalue weighted by Gasteiger charge is 2.31. The van der Waals surface area contributed by atoms with Gasteiger partial charge in [-0.3, -0.25) is 0 Å².